The first kappa shape index (κ1) is 22.1. The summed E-state index contributed by atoms with van der Waals surface area (Å²) in [4.78, 5) is 9.35. The second-order valence-corrected chi connectivity index (χ2v) is 8.27. The number of aryl methyl sites for hydroxylation is 1. The van der Waals surface area contributed by atoms with Crippen LogP contribution in [0.25, 0.3) is 11.5 Å². The van der Waals surface area contributed by atoms with Crippen molar-refractivity contribution in [1.29, 1.82) is 0 Å². The van der Waals surface area contributed by atoms with Crippen LogP contribution >= 0.6 is 0 Å². The molecule has 1 aliphatic heterocycles. The fourth-order valence-electron chi connectivity index (χ4n) is 4.32. The molecule has 0 unspecified atom stereocenters. The van der Waals surface area contributed by atoms with Crippen molar-refractivity contribution in [1.82, 2.24) is 15.6 Å². The second kappa shape index (κ2) is 10.5. The highest BCUT2D eigenvalue weighted by Crippen LogP contribution is 2.36. The molecule has 0 amide bonds. The molecule has 6 nitrogen and oxygen atoms in total. The van der Waals surface area contributed by atoms with E-state index in [1.54, 1.807) is 6.26 Å². The van der Waals surface area contributed by atoms with E-state index in [4.69, 9.17) is 14.1 Å². The average Bonchev–Trinajstić information content (AvgIpc) is 3.31. The van der Waals surface area contributed by atoms with Crippen LogP contribution in [0.3, 0.4) is 0 Å². The Balaban J connectivity index is 1.47. The van der Waals surface area contributed by atoms with Crippen molar-refractivity contribution in [2.45, 2.75) is 38.6 Å². The highest BCUT2D eigenvalue weighted by Gasteiger charge is 2.35. The molecule has 1 saturated heterocycles. The molecule has 168 valence electrons. The van der Waals surface area contributed by atoms with Gasteiger partial charge in [0.05, 0.1) is 6.54 Å². The molecule has 0 bridgehead atoms. The van der Waals surface area contributed by atoms with Gasteiger partial charge in [0.1, 0.15) is 12.0 Å². The molecule has 2 N–H and O–H groups in total. The molecule has 4 rings (SSSR count). The molecule has 6 heteroatoms. The Hall–Kier alpha value is -3.12. The van der Waals surface area contributed by atoms with E-state index in [-0.39, 0.29) is 5.41 Å². The number of nitrogens with one attached hydrogen (secondary N) is 2. The third-order valence-corrected chi connectivity index (χ3v) is 6.08. The van der Waals surface area contributed by atoms with Crippen molar-refractivity contribution in [3.8, 4) is 11.5 Å². The fraction of sp³-hybridized carbons (Fsp3) is 0.385. The number of benzene rings is 2. The van der Waals surface area contributed by atoms with Gasteiger partial charge >= 0.3 is 0 Å². The van der Waals surface area contributed by atoms with Crippen molar-refractivity contribution < 1.29 is 9.15 Å². The molecule has 0 saturated carbocycles. The second-order valence-electron chi connectivity index (χ2n) is 8.27. The smallest absolute Gasteiger partial charge is 0.226 e. The number of ether oxygens (including phenoxy) is 1. The number of rotatable bonds is 7. The summed E-state index contributed by atoms with van der Waals surface area (Å²) in [7, 11) is 0. The van der Waals surface area contributed by atoms with Gasteiger partial charge < -0.3 is 19.8 Å². The number of nitrogens with zero attached hydrogens (tertiary/aromatic N) is 2. The maximum Gasteiger partial charge on any atom is 0.226 e. The van der Waals surface area contributed by atoms with Crippen LogP contribution in [0.4, 0.5) is 0 Å². The summed E-state index contributed by atoms with van der Waals surface area (Å²) in [6.07, 6.45) is 3.67. The first-order chi connectivity index (χ1) is 15.7. The molecule has 0 aliphatic carbocycles. The average molecular weight is 433 g/mol. The SMILES string of the molecule is CCNC(=NCc1coc(-c2ccccc2)n1)NCC1(c2ccccc2C)CCOCC1. The van der Waals surface area contributed by atoms with E-state index in [0.717, 1.165) is 56.4 Å². The Bertz CT molecular complexity index is 1020. The van der Waals surface area contributed by atoms with Crippen molar-refractivity contribution in [3.05, 3.63) is 77.7 Å². The molecular weight excluding hydrogens is 400 g/mol. The maximum absolute atomic E-state index is 5.69. The zero-order chi connectivity index (χ0) is 22.2. The van der Waals surface area contributed by atoms with E-state index in [0.29, 0.717) is 12.4 Å². The van der Waals surface area contributed by atoms with Crippen LogP contribution in [0.15, 0.2) is 70.3 Å². The lowest BCUT2D eigenvalue weighted by molar-refractivity contribution is 0.0512. The Morgan fingerprint density at radius 1 is 1.03 bits per heavy atom. The molecule has 1 aromatic heterocycles. The van der Waals surface area contributed by atoms with E-state index in [9.17, 15) is 0 Å². The molecule has 0 radical (unpaired) electrons. The highest BCUT2D eigenvalue weighted by atomic mass is 16.5. The third kappa shape index (κ3) is 5.19. The normalized spacial score (nSPS) is 16.0. The Morgan fingerprint density at radius 3 is 2.53 bits per heavy atom. The van der Waals surface area contributed by atoms with E-state index in [2.05, 4.69) is 53.7 Å². The van der Waals surface area contributed by atoms with Gasteiger partial charge in [-0.1, -0.05) is 42.5 Å². The van der Waals surface area contributed by atoms with Gasteiger partial charge in [0.25, 0.3) is 0 Å². The minimum Gasteiger partial charge on any atom is -0.444 e. The molecular formula is C26H32N4O2. The summed E-state index contributed by atoms with van der Waals surface area (Å²) in [5.41, 5.74) is 4.53. The largest absolute Gasteiger partial charge is 0.444 e. The Morgan fingerprint density at radius 2 is 1.78 bits per heavy atom. The summed E-state index contributed by atoms with van der Waals surface area (Å²) >= 11 is 0. The molecule has 3 aromatic rings. The predicted molar refractivity (Wildman–Crippen MR) is 128 cm³/mol. The lowest BCUT2D eigenvalue weighted by atomic mass is 9.72. The van der Waals surface area contributed by atoms with Crippen LogP contribution < -0.4 is 10.6 Å². The molecule has 32 heavy (non-hydrogen) atoms. The molecule has 0 atom stereocenters. The Labute approximate surface area is 190 Å². The van der Waals surface area contributed by atoms with Crippen molar-refractivity contribution in [2.75, 3.05) is 26.3 Å². The lowest BCUT2D eigenvalue weighted by Gasteiger charge is -2.39. The van der Waals surface area contributed by atoms with Crippen molar-refractivity contribution >= 4 is 5.96 Å². The van der Waals surface area contributed by atoms with Gasteiger partial charge in [-0.15, -0.1) is 0 Å². The van der Waals surface area contributed by atoms with E-state index in [1.165, 1.54) is 11.1 Å². The summed E-state index contributed by atoms with van der Waals surface area (Å²) < 4.78 is 11.3. The number of aromatic nitrogens is 1. The quantitative estimate of drug-likeness (QED) is 0.426. The zero-order valence-electron chi connectivity index (χ0n) is 18.9. The van der Waals surface area contributed by atoms with E-state index >= 15 is 0 Å². The third-order valence-electron chi connectivity index (χ3n) is 6.08. The molecule has 2 heterocycles. The highest BCUT2D eigenvalue weighted by molar-refractivity contribution is 5.79. The molecule has 1 aliphatic rings. The van der Waals surface area contributed by atoms with Gasteiger partial charge in [0.2, 0.25) is 5.89 Å². The number of oxazole rings is 1. The number of hydrogen-bond donors (Lipinski definition) is 2. The summed E-state index contributed by atoms with van der Waals surface area (Å²) in [6, 6.07) is 18.6. The molecule has 2 aromatic carbocycles. The Kier molecular flexibility index (Phi) is 7.22. The summed E-state index contributed by atoms with van der Waals surface area (Å²) in [5.74, 6) is 1.41. The van der Waals surface area contributed by atoms with Crippen LogP contribution in [-0.4, -0.2) is 37.2 Å². The van der Waals surface area contributed by atoms with Crippen LogP contribution in [0, 0.1) is 6.92 Å². The fourth-order valence-corrected chi connectivity index (χ4v) is 4.32. The standard InChI is InChI=1S/C26H32N4O2/c1-3-27-25(28-17-22-18-32-24(30-22)21-10-5-4-6-11-21)29-19-26(13-15-31-16-14-26)23-12-8-7-9-20(23)2/h4-12,18H,3,13-17,19H2,1-2H3,(H2,27,28,29). The first-order valence-electron chi connectivity index (χ1n) is 11.4. The van der Waals surface area contributed by atoms with Gasteiger partial charge in [-0.2, -0.15) is 0 Å². The minimum absolute atomic E-state index is 0.0359. The molecule has 0 spiro atoms. The summed E-state index contributed by atoms with van der Waals surface area (Å²) in [6.45, 7) is 7.89. The summed E-state index contributed by atoms with van der Waals surface area (Å²) in [5, 5.41) is 6.95. The van der Waals surface area contributed by atoms with Gasteiger partial charge in [-0.25, -0.2) is 9.98 Å². The van der Waals surface area contributed by atoms with Gasteiger partial charge in [0.15, 0.2) is 5.96 Å². The van der Waals surface area contributed by atoms with Gasteiger partial charge in [-0.05, 0) is 49.9 Å². The zero-order valence-corrected chi connectivity index (χ0v) is 18.9. The topological polar surface area (TPSA) is 71.7 Å². The van der Waals surface area contributed by atoms with E-state index < -0.39 is 0 Å². The van der Waals surface area contributed by atoms with Crippen LogP contribution in [-0.2, 0) is 16.7 Å². The number of guanidine groups is 1. The number of hydrogen-bond acceptors (Lipinski definition) is 4. The minimum atomic E-state index is 0.0359. The first-order valence-corrected chi connectivity index (χ1v) is 11.4. The van der Waals surface area contributed by atoms with Crippen LogP contribution in [0.5, 0.6) is 0 Å². The van der Waals surface area contributed by atoms with Gasteiger partial charge in [-0.3, -0.25) is 0 Å². The van der Waals surface area contributed by atoms with Crippen molar-refractivity contribution in [3.63, 3.8) is 0 Å². The van der Waals surface area contributed by atoms with Crippen LogP contribution in [0.2, 0.25) is 0 Å². The van der Waals surface area contributed by atoms with Crippen LogP contribution in [0.1, 0.15) is 36.6 Å². The maximum atomic E-state index is 5.69. The molecule has 1 fully saturated rings. The van der Waals surface area contributed by atoms with Gasteiger partial charge in [0, 0.05) is 37.3 Å². The predicted octanol–water partition coefficient (Wildman–Crippen LogP) is 4.45. The van der Waals surface area contributed by atoms with E-state index in [1.807, 2.05) is 30.3 Å². The lowest BCUT2D eigenvalue weighted by Crippen LogP contribution is -2.48. The van der Waals surface area contributed by atoms with Crippen molar-refractivity contribution in [2.24, 2.45) is 4.99 Å². The monoisotopic (exact) mass is 432 g/mol. The number of aliphatic imine (C=N–C) groups is 1.